The van der Waals surface area contributed by atoms with Gasteiger partial charge in [-0.2, -0.15) is 0 Å². The van der Waals surface area contributed by atoms with E-state index in [9.17, 15) is 4.79 Å². The Morgan fingerprint density at radius 1 is 1.43 bits per heavy atom. The molecule has 2 aliphatic rings. The van der Waals surface area contributed by atoms with Crippen molar-refractivity contribution in [2.24, 2.45) is 0 Å². The molecule has 2 fully saturated rings. The average molecular weight is 196 g/mol. The predicted octanol–water partition coefficient (Wildman–Crippen LogP) is 1.09. The number of likely N-dealkylation sites (N-methyl/N-ethyl adjacent to an activating group) is 1. The Labute approximate surface area is 86.1 Å². The Bertz CT molecular complexity index is 239. The molecule has 0 saturated carbocycles. The molecule has 2 bridgehead atoms. The highest BCUT2D eigenvalue weighted by atomic mass is 16.2. The maximum atomic E-state index is 12.0. The Hall–Kier alpha value is -0.570. The van der Waals surface area contributed by atoms with Gasteiger partial charge in [0.2, 0.25) is 5.91 Å². The second-order valence-corrected chi connectivity index (χ2v) is 4.66. The van der Waals surface area contributed by atoms with E-state index in [0.29, 0.717) is 18.0 Å². The van der Waals surface area contributed by atoms with Gasteiger partial charge in [-0.3, -0.25) is 9.69 Å². The molecule has 0 aromatic carbocycles. The van der Waals surface area contributed by atoms with E-state index in [-0.39, 0.29) is 6.04 Å². The second-order valence-electron chi connectivity index (χ2n) is 4.66. The van der Waals surface area contributed by atoms with Crippen LogP contribution in [0, 0.1) is 0 Å². The van der Waals surface area contributed by atoms with Crippen molar-refractivity contribution in [2.45, 2.75) is 51.7 Å². The van der Waals surface area contributed by atoms with Crippen LogP contribution in [0.4, 0.5) is 0 Å². The molecule has 3 nitrogen and oxygen atoms in total. The Morgan fingerprint density at radius 2 is 2.14 bits per heavy atom. The minimum absolute atomic E-state index is 0.189. The number of carbonyl (C=O) groups is 1. The molecule has 2 saturated heterocycles. The highest BCUT2D eigenvalue weighted by Gasteiger charge is 2.45. The van der Waals surface area contributed by atoms with Crippen LogP contribution in [0.5, 0.6) is 0 Å². The maximum Gasteiger partial charge on any atom is 0.239 e. The number of fused-ring (bicyclic) bond motifs is 2. The van der Waals surface area contributed by atoms with Gasteiger partial charge in [0.05, 0.1) is 6.04 Å². The lowest BCUT2D eigenvalue weighted by molar-refractivity contribution is -0.142. The molecule has 0 aromatic rings. The van der Waals surface area contributed by atoms with Crippen molar-refractivity contribution >= 4 is 5.91 Å². The van der Waals surface area contributed by atoms with Gasteiger partial charge in [-0.1, -0.05) is 0 Å². The summed E-state index contributed by atoms with van der Waals surface area (Å²) in [4.78, 5) is 16.4. The number of carbonyl (C=O) groups excluding carboxylic acids is 1. The van der Waals surface area contributed by atoms with Gasteiger partial charge in [-0.15, -0.1) is 0 Å². The number of hydrogen-bond acceptors (Lipinski definition) is 2. The molecule has 0 radical (unpaired) electrons. The second kappa shape index (κ2) is 3.54. The van der Waals surface area contributed by atoms with Crippen molar-refractivity contribution in [3.63, 3.8) is 0 Å². The summed E-state index contributed by atoms with van der Waals surface area (Å²) in [5.74, 6) is 0.356. The molecule has 0 N–H and O–H groups in total. The summed E-state index contributed by atoms with van der Waals surface area (Å²) in [6.07, 6.45) is 2.27. The summed E-state index contributed by atoms with van der Waals surface area (Å²) in [6, 6.07) is 1.32. The van der Waals surface area contributed by atoms with Crippen molar-refractivity contribution in [1.82, 2.24) is 9.80 Å². The minimum Gasteiger partial charge on any atom is -0.340 e. The first-order valence-corrected chi connectivity index (χ1v) is 5.71. The molecule has 2 heterocycles. The van der Waals surface area contributed by atoms with Crippen LogP contribution in [0.3, 0.4) is 0 Å². The quantitative estimate of drug-likeness (QED) is 0.660. The number of hydrogen-bond donors (Lipinski definition) is 0. The van der Waals surface area contributed by atoms with E-state index in [4.69, 9.17) is 0 Å². The van der Waals surface area contributed by atoms with Gasteiger partial charge in [0.25, 0.3) is 0 Å². The first-order chi connectivity index (χ1) is 6.65. The van der Waals surface area contributed by atoms with Crippen LogP contribution in [-0.2, 0) is 4.79 Å². The molecular formula is C11H20N2O. The van der Waals surface area contributed by atoms with Gasteiger partial charge in [-0.25, -0.2) is 0 Å². The van der Waals surface area contributed by atoms with Crippen LogP contribution in [0.15, 0.2) is 0 Å². The molecule has 0 aromatic heterocycles. The third kappa shape index (κ3) is 1.34. The first-order valence-electron chi connectivity index (χ1n) is 5.71. The standard InChI is InChI=1S/C11H20N2O/c1-4-12-7-9-5-6-10(11(12)14)13(9)8(2)3/h8-10H,4-7H2,1-3H3. The smallest absolute Gasteiger partial charge is 0.239 e. The van der Waals surface area contributed by atoms with Crippen molar-refractivity contribution in [3.8, 4) is 0 Å². The molecule has 0 aliphatic carbocycles. The van der Waals surface area contributed by atoms with Gasteiger partial charge < -0.3 is 4.90 Å². The van der Waals surface area contributed by atoms with Crippen LogP contribution in [0.1, 0.15) is 33.6 Å². The SMILES string of the molecule is CCN1CC2CCC(C1=O)N2C(C)C. The van der Waals surface area contributed by atoms with Crippen LogP contribution < -0.4 is 0 Å². The number of amides is 1. The van der Waals surface area contributed by atoms with Gasteiger partial charge in [0.15, 0.2) is 0 Å². The molecular weight excluding hydrogens is 176 g/mol. The third-order valence-corrected chi connectivity index (χ3v) is 3.56. The van der Waals surface area contributed by atoms with Crippen molar-refractivity contribution in [1.29, 1.82) is 0 Å². The van der Waals surface area contributed by atoms with E-state index in [1.807, 2.05) is 4.90 Å². The van der Waals surface area contributed by atoms with E-state index in [1.165, 1.54) is 6.42 Å². The highest BCUT2D eigenvalue weighted by Crippen LogP contribution is 2.32. The molecule has 2 atom stereocenters. The Kier molecular flexibility index (Phi) is 2.52. The van der Waals surface area contributed by atoms with Crippen molar-refractivity contribution < 1.29 is 4.79 Å². The monoisotopic (exact) mass is 196 g/mol. The fourth-order valence-corrected chi connectivity index (χ4v) is 2.96. The van der Waals surface area contributed by atoms with E-state index in [1.54, 1.807) is 0 Å². The summed E-state index contributed by atoms with van der Waals surface area (Å²) in [5, 5.41) is 0. The summed E-state index contributed by atoms with van der Waals surface area (Å²) < 4.78 is 0. The molecule has 3 heteroatoms. The molecule has 2 aliphatic heterocycles. The summed E-state index contributed by atoms with van der Waals surface area (Å²) in [5.41, 5.74) is 0. The van der Waals surface area contributed by atoms with E-state index in [2.05, 4.69) is 25.7 Å². The van der Waals surface area contributed by atoms with Gasteiger partial charge in [0.1, 0.15) is 0 Å². The maximum absolute atomic E-state index is 12.0. The van der Waals surface area contributed by atoms with Crippen LogP contribution in [0.2, 0.25) is 0 Å². The zero-order valence-electron chi connectivity index (χ0n) is 9.36. The lowest BCUT2D eigenvalue weighted by atomic mass is 10.1. The van der Waals surface area contributed by atoms with Crippen LogP contribution in [0.25, 0.3) is 0 Å². The highest BCUT2D eigenvalue weighted by molar-refractivity contribution is 5.83. The van der Waals surface area contributed by atoms with Crippen molar-refractivity contribution in [3.05, 3.63) is 0 Å². The van der Waals surface area contributed by atoms with Crippen LogP contribution >= 0.6 is 0 Å². The zero-order valence-corrected chi connectivity index (χ0v) is 9.36. The number of nitrogens with zero attached hydrogens (tertiary/aromatic N) is 2. The predicted molar refractivity (Wildman–Crippen MR) is 56.0 cm³/mol. The number of piperazine rings is 1. The fourth-order valence-electron chi connectivity index (χ4n) is 2.96. The molecule has 2 rings (SSSR count). The lowest BCUT2D eigenvalue weighted by Gasteiger charge is -2.42. The number of rotatable bonds is 2. The summed E-state index contributed by atoms with van der Waals surface area (Å²) in [6.45, 7) is 8.28. The van der Waals surface area contributed by atoms with Gasteiger partial charge in [0, 0.05) is 25.2 Å². The van der Waals surface area contributed by atoms with E-state index < -0.39 is 0 Å². The van der Waals surface area contributed by atoms with Gasteiger partial charge >= 0.3 is 0 Å². The number of likely N-dealkylation sites (tertiary alicyclic amines) is 1. The summed E-state index contributed by atoms with van der Waals surface area (Å²) in [7, 11) is 0. The van der Waals surface area contributed by atoms with E-state index in [0.717, 1.165) is 19.5 Å². The normalized spacial score (nSPS) is 33.1. The molecule has 2 unspecified atom stereocenters. The topological polar surface area (TPSA) is 23.6 Å². The van der Waals surface area contributed by atoms with Crippen LogP contribution in [-0.4, -0.2) is 46.9 Å². The molecule has 1 amide bonds. The molecule has 0 spiro atoms. The average Bonchev–Trinajstić information content (AvgIpc) is 2.50. The minimum atomic E-state index is 0.189. The Morgan fingerprint density at radius 3 is 2.71 bits per heavy atom. The van der Waals surface area contributed by atoms with Crippen molar-refractivity contribution in [2.75, 3.05) is 13.1 Å². The molecule has 80 valence electrons. The first kappa shape index (κ1) is 9.97. The van der Waals surface area contributed by atoms with E-state index >= 15 is 0 Å². The largest absolute Gasteiger partial charge is 0.340 e. The summed E-state index contributed by atoms with van der Waals surface area (Å²) >= 11 is 0. The van der Waals surface area contributed by atoms with Gasteiger partial charge in [-0.05, 0) is 33.6 Å². The zero-order chi connectivity index (χ0) is 10.3. The molecule has 14 heavy (non-hydrogen) atoms. The lowest BCUT2D eigenvalue weighted by Crippen LogP contribution is -2.58. The third-order valence-electron chi connectivity index (χ3n) is 3.56. The Balaban J connectivity index is 2.18. The fraction of sp³-hybridized carbons (Fsp3) is 0.909.